The van der Waals surface area contributed by atoms with Crippen LogP contribution in [0.15, 0.2) is 70.9 Å². The summed E-state index contributed by atoms with van der Waals surface area (Å²) in [4.78, 5) is 24.4. The van der Waals surface area contributed by atoms with Gasteiger partial charge in [-0.3, -0.25) is 4.79 Å². The minimum atomic E-state index is -0.630. The maximum atomic E-state index is 12.2. The number of rotatable bonds is 6. The molecule has 0 bridgehead atoms. The minimum Gasteiger partial charge on any atom is -0.467 e. The number of nitrogens with zero attached hydrogens (tertiary/aromatic N) is 1. The summed E-state index contributed by atoms with van der Waals surface area (Å²) in [6, 6.07) is 16.1. The van der Waals surface area contributed by atoms with Crippen molar-refractivity contribution in [1.29, 1.82) is 5.26 Å². The highest BCUT2D eigenvalue weighted by atomic mass is 35.5. The Bertz CT molecular complexity index is 1130. The quantitative estimate of drug-likeness (QED) is 0.251. The largest absolute Gasteiger partial charge is 0.467 e. The van der Waals surface area contributed by atoms with Crippen molar-refractivity contribution in [2.75, 3.05) is 0 Å². The second kappa shape index (κ2) is 9.79. The number of amides is 1. The summed E-state index contributed by atoms with van der Waals surface area (Å²) in [5.41, 5.74) is 0.702. The van der Waals surface area contributed by atoms with Crippen LogP contribution >= 0.6 is 23.2 Å². The summed E-state index contributed by atoms with van der Waals surface area (Å²) < 4.78 is 10.4. The molecule has 0 radical (unpaired) electrons. The Labute approximate surface area is 182 Å². The third-order valence-corrected chi connectivity index (χ3v) is 4.47. The van der Waals surface area contributed by atoms with E-state index in [-0.39, 0.29) is 28.5 Å². The van der Waals surface area contributed by atoms with E-state index in [1.807, 2.05) is 6.07 Å². The Hall–Kier alpha value is -3.53. The molecule has 0 unspecified atom stereocenters. The summed E-state index contributed by atoms with van der Waals surface area (Å²) in [5, 5.41) is 12.5. The number of carbonyl (C=O) groups excluding carboxylic acids is 2. The topological polar surface area (TPSA) is 92.3 Å². The molecule has 3 aromatic rings. The maximum absolute atomic E-state index is 12.2. The van der Waals surface area contributed by atoms with E-state index in [1.165, 1.54) is 30.5 Å². The first-order valence-electron chi connectivity index (χ1n) is 8.66. The number of nitrogens with one attached hydrogen (secondary N) is 1. The fourth-order valence-electron chi connectivity index (χ4n) is 2.44. The predicted octanol–water partition coefficient (Wildman–Crippen LogP) is 5.03. The highest BCUT2D eigenvalue weighted by Crippen LogP contribution is 2.23. The van der Waals surface area contributed by atoms with Crippen LogP contribution in [0.3, 0.4) is 0 Å². The van der Waals surface area contributed by atoms with E-state index in [9.17, 15) is 14.9 Å². The first-order chi connectivity index (χ1) is 14.5. The molecule has 0 saturated carbocycles. The lowest BCUT2D eigenvalue weighted by molar-refractivity contribution is -0.117. The lowest BCUT2D eigenvalue weighted by Gasteiger charge is -2.07. The number of halogens is 2. The maximum Gasteiger partial charge on any atom is 0.345 e. The average Bonchev–Trinajstić information content (AvgIpc) is 3.25. The van der Waals surface area contributed by atoms with Crippen LogP contribution in [0.25, 0.3) is 6.08 Å². The van der Waals surface area contributed by atoms with Gasteiger partial charge in [-0.15, -0.1) is 0 Å². The molecule has 8 heteroatoms. The second-order valence-corrected chi connectivity index (χ2v) is 6.86. The van der Waals surface area contributed by atoms with Crippen molar-refractivity contribution < 1.29 is 18.7 Å². The van der Waals surface area contributed by atoms with Crippen molar-refractivity contribution in [3.05, 3.63) is 93.4 Å². The van der Waals surface area contributed by atoms with Crippen LogP contribution in [0.2, 0.25) is 10.0 Å². The van der Waals surface area contributed by atoms with Gasteiger partial charge in [0.15, 0.2) is 0 Å². The Balaban J connectivity index is 1.65. The zero-order valence-corrected chi connectivity index (χ0v) is 16.9. The van der Waals surface area contributed by atoms with Gasteiger partial charge < -0.3 is 14.5 Å². The summed E-state index contributed by atoms with van der Waals surface area (Å²) in [6.45, 7) is 0.174. The molecule has 0 atom stereocenters. The molecule has 0 saturated heterocycles. The monoisotopic (exact) mass is 440 g/mol. The van der Waals surface area contributed by atoms with Gasteiger partial charge in [-0.05, 0) is 54.1 Å². The summed E-state index contributed by atoms with van der Waals surface area (Å²) in [5.74, 6) is -0.298. The van der Waals surface area contributed by atoms with Gasteiger partial charge in [0.25, 0.3) is 5.91 Å². The third-order valence-electron chi connectivity index (χ3n) is 3.92. The van der Waals surface area contributed by atoms with E-state index < -0.39 is 11.9 Å². The van der Waals surface area contributed by atoms with Crippen molar-refractivity contribution in [3.63, 3.8) is 0 Å². The van der Waals surface area contributed by atoms with Crippen molar-refractivity contribution in [2.45, 2.75) is 6.54 Å². The van der Waals surface area contributed by atoms with Gasteiger partial charge in [0.1, 0.15) is 23.2 Å². The summed E-state index contributed by atoms with van der Waals surface area (Å²) in [6.07, 6.45) is 2.93. The van der Waals surface area contributed by atoms with Gasteiger partial charge in [-0.1, -0.05) is 35.3 Å². The van der Waals surface area contributed by atoms with Crippen LogP contribution in [-0.4, -0.2) is 11.9 Å². The van der Waals surface area contributed by atoms with Crippen LogP contribution < -0.4 is 10.1 Å². The number of furan rings is 1. The molecule has 0 aliphatic carbocycles. The first kappa shape index (κ1) is 21.2. The number of benzene rings is 2. The first-order valence-corrected chi connectivity index (χ1v) is 9.41. The van der Waals surface area contributed by atoms with Crippen molar-refractivity contribution >= 4 is 41.2 Å². The number of ether oxygens (including phenoxy) is 1. The Morgan fingerprint density at radius 2 is 1.90 bits per heavy atom. The lowest BCUT2D eigenvalue weighted by Crippen LogP contribution is -2.23. The molecule has 0 fully saturated rings. The molecule has 2 aromatic carbocycles. The molecule has 0 spiro atoms. The Kier molecular flexibility index (Phi) is 6.91. The number of hydrogen-bond donors (Lipinski definition) is 1. The van der Waals surface area contributed by atoms with E-state index in [4.69, 9.17) is 32.4 Å². The van der Waals surface area contributed by atoms with E-state index >= 15 is 0 Å². The number of nitriles is 1. The van der Waals surface area contributed by atoms with Gasteiger partial charge >= 0.3 is 5.97 Å². The van der Waals surface area contributed by atoms with Crippen LogP contribution in [0, 0.1) is 11.3 Å². The zero-order valence-electron chi connectivity index (χ0n) is 15.4. The highest BCUT2D eigenvalue weighted by molar-refractivity contribution is 6.36. The van der Waals surface area contributed by atoms with Crippen LogP contribution in [0.5, 0.6) is 5.75 Å². The van der Waals surface area contributed by atoms with Gasteiger partial charge in [0.05, 0.1) is 23.4 Å². The predicted molar refractivity (Wildman–Crippen MR) is 112 cm³/mol. The normalized spacial score (nSPS) is 10.9. The lowest BCUT2D eigenvalue weighted by atomic mass is 10.1. The molecular formula is C22H14Cl2N2O4. The molecule has 30 heavy (non-hydrogen) atoms. The van der Waals surface area contributed by atoms with E-state index in [0.29, 0.717) is 16.3 Å². The zero-order chi connectivity index (χ0) is 21.5. The highest BCUT2D eigenvalue weighted by Gasteiger charge is 2.14. The minimum absolute atomic E-state index is 0.0701. The van der Waals surface area contributed by atoms with Gasteiger partial charge in [0, 0.05) is 5.02 Å². The molecular weight excluding hydrogens is 427 g/mol. The summed E-state index contributed by atoms with van der Waals surface area (Å²) >= 11 is 11.8. The van der Waals surface area contributed by atoms with Gasteiger partial charge in [0.2, 0.25) is 0 Å². The molecule has 3 rings (SSSR count). The molecule has 1 heterocycles. The Morgan fingerprint density at radius 1 is 1.13 bits per heavy atom. The molecule has 150 valence electrons. The third kappa shape index (κ3) is 5.51. The van der Waals surface area contributed by atoms with E-state index in [2.05, 4.69) is 5.32 Å². The summed E-state index contributed by atoms with van der Waals surface area (Å²) in [7, 11) is 0. The average molecular weight is 441 g/mol. The van der Waals surface area contributed by atoms with Crippen LogP contribution in [0.1, 0.15) is 21.7 Å². The van der Waals surface area contributed by atoms with Crippen molar-refractivity contribution in [3.8, 4) is 11.8 Å². The molecule has 0 aliphatic rings. The van der Waals surface area contributed by atoms with Crippen LogP contribution in [0.4, 0.5) is 0 Å². The smallest absolute Gasteiger partial charge is 0.345 e. The second-order valence-electron chi connectivity index (χ2n) is 6.01. The van der Waals surface area contributed by atoms with Gasteiger partial charge in [-0.25, -0.2) is 4.79 Å². The molecule has 1 N–H and O–H groups in total. The molecule has 1 amide bonds. The Morgan fingerprint density at radius 3 is 2.53 bits per heavy atom. The van der Waals surface area contributed by atoms with E-state index in [0.717, 1.165) is 0 Å². The van der Waals surface area contributed by atoms with Crippen molar-refractivity contribution in [1.82, 2.24) is 5.32 Å². The molecule has 0 aliphatic heterocycles. The van der Waals surface area contributed by atoms with Crippen LogP contribution in [-0.2, 0) is 11.3 Å². The molecule has 6 nitrogen and oxygen atoms in total. The van der Waals surface area contributed by atoms with Crippen molar-refractivity contribution in [2.24, 2.45) is 0 Å². The molecule has 1 aromatic heterocycles. The van der Waals surface area contributed by atoms with E-state index in [1.54, 1.807) is 36.4 Å². The number of esters is 1. The SMILES string of the molecule is N#CC(=Cc1ccc(OC(=O)c2ccc(Cl)cc2Cl)cc1)C(=O)NCc1ccco1. The fraction of sp³-hybridized carbons (Fsp3) is 0.0455. The number of hydrogen-bond acceptors (Lipinski definition) is 5. The fourth-order valence-corrected chi connectivity index (χ4v) is 2.93. The number of carbonyl (C=O) groups is 2. The van der Waals surface area contributed by atoms with Gasteiger partial charge in [-0.2, -0.15) is 5.26 Å². The standard InChI is InChI=1S/C22H14Cl2N2O4/c23-16-5-8-19(20(24)11-16)22(28)30-17-6-3-14(4-7-17)10-15(12-25)21(27)26-13-18-2-1-9-29-18/h1-11H,13H2,(H,26,27).